The molecule has 0 spiro atoms. The molecular formula is C15H28N2O. The third kappa shape index (κ3) is 3.84. The molecule has 104 valence electrons. The molecule has 0 aromatic carbocycles. The second-order valence-corrected chi connectivity index (χ2v) is 6.20. The molecule has 0 unspecified atom stereocenters. The number of hydrogen-bond acceptors (Lipinski definition) is 2. The summed E-state index contributed by atoms with van der Waals surface area (Å²) in [5.74, 6) is 1.46. The molecular weight excluding hydrogens is 224 g/mol. The van der Waals surface area contributed by atoms with Crippen molar-refractivity contribution < 1.29 is 4.79 Å². The Bertz CT molecular complexity index is 320. The third-order valence-electron chi connectivity index (χ3n) is 4.13. The molecule has 0 aliphatic heterocycles. The summed E-state index contributed by atoms with van der Waals surface area (Å²) in [4.78, 5) is 11.7. The van der Waals surface area contributed by atoms with Crippen molar-refractivity contribution in [2.45, 2.75) is 40.5 Å². The first-order chi connectivity index (χ1) is 8.38. The van der Waals surface area contributed by atoms with Gasteiger partial charge in [-0.3, -0.25) is 4.79 Å². The highest BCUT2D eigenvalue weighted by atomic mass is 16.2. The van der Waals surface area contributed by atoms with E-state index in [4.69, 9.17) is 0 Å². The Hall–Kier alpha value is -0.830. The Kier molecular flexibility index (Phi) is 5.39. The van der Waals surface area contributed by atoms with E-state index in [0.717, 1.165) is 19.0 Å². The van der Waals surface area contributed by atoms with E-state index in [-0.39, 0.29) is 11.3 Å². The summed E-state index contributed by atoms with van der Waals surface area (Å²) < 4.78 is 0. The Morgan fingerprint density at radius 2 is 2.17 bits per heavy atom. The van der Waals surface area contributed by atoms with Gasteiger partial charge in [0.25, 0.3) is 0 Å². The smallest absolute Gasteiger partial charge is 0.226 e. The van der Waals surface area contributed by atoms with E-state index in [9.17, 15) is 4.79 Å². The lowest BCUT2D eigenvalue weighted by atomic mass is 9.80. The van der Waals surface area contributed by atoms with E-state index in [2.05, 4.69) is 30.6 Å². The number of amides is 1. The van der Waals surface area contributed by atoms with Crippen molar-refractivity contribution in [2.75, 3.05) is 20.1 Å². The average molecular weight is 252 g/mol. The molecule has 3 heteroatoms. The first kappa shape index (κ1) is 15.2. The Morgan fingerprint density at radius 3 is 2.72 bits per heavy atom. The lowest BCUT2D eigenvalue weighted by molar-refractivity contribution is -0.128. The van der Waals surface area contributed by atoms with Crippen molar-refractivity contribution in [1.82, 2.24) is 10.6 Å². The van der Waals surface area contributed by atoms with Crippen molar-refractivity contribution in [1.29, 1.82) is 0 Å². The fourth-order valence-corrected chi connectivity index (χ4v) is 2.70. The van der Waals surface area contributed by atoms with Crippen molar-refractivity contribution in [3.63, 3.8) is 0 Å². The van der Waals surface area contributed by atoms with E-state index in [0.29, 0.717) is 5.92 Å². The zero-order valence-corrected chi connectivity index (χ0v) is 12.5. The lowest BCUT2D eigenvalue weighted by Gasteiger charge is -2.30. The van der Waals surface area contributed by atoms with E-state index < -0.39 is 0 Å². The van der Waals surface area contributed by atoms with Gasteiger partial charge in [-0.15, -0.1) is 0 Å². The van der Waals surface area contributed by atoms with Gasteiger partial charge in [-0.2, -0.15) is 0 Å². The van der Waals surface area contributed by atoms with Crippen LogP contribution in [0.25, 0.3) is 0 Å². The van der Waals surface area contributed by atoms with Gasteiger partial charge in [0.2, 0.25) is 5.91 Å². The van der Waals surface area contributed by atoms with Gasteiger partial charge in [-0.1, -0.05) is 18.6 Å². The maximum Gasteiger partial charge on any atom is 0.226 e. The van der Waals surface area contributed by atoms with Crippen LogP contribution in [-0.2, 0) is 4.79 Å². The number of hydrogen-bond donors (Lipinski definition) is 2. The molecule has 0 radical (unpaired) electrons. The molecule has 0 fully saturated rings. The molecule has 0 aromatic heterocycles. The van der Waals surface area contributed by atoms with Crippen LogP contribution in [0, 0.1) is 17.3 Å². The minimum Gasteiger partial charge on any atom is -0.359 e. The van der Waals surface area contributed by atoms with E-state index in [1.807, 2.05) is 13.8 Å². The zero-order chi connectivity index (χ0) is 13.8. The van der Waals surface area contributed by atoms with Crippen LogP contribution in [-0.4, -0.2) is 26.0 Å². The van der Waals surface area contributed by atoms with Gasteiger partial charge in [0.05, 0.1) is 5.41 Å². The second kappa shape index (κ2) is 6.37. The fraction of sp³-hybridized carbons (Fsp3) is 0.800. The quantitative estimate of drug-likeness (QED) is 0.737. The van der Waals surface area contributed by atoms with Crippen LogP contribution in [0.15, 0.2) is 11.6 Å². The summed E-state index contributed by atoms with van der Waals surface area (Å²) in [6.07, 6.45) is 4.85. The summed E-state index contributed by atoms with van der Waals surface area (Å²) >= 11 is 0. The van der Waals surface area contributed by atoms with Gasteiger partial charge >= 0.3 is 0 Å². The Labute approximate surface area is 111 Å². The first-order valence-corrected chi connectivity index (χ1v) is 6.98. The first-order valence-electron chi connectivity index (χ1n) is 6.98. The number of nitrogens with one attached hydrogen (secondary N) is 2. The monoisotopic (exact) mass is 252 g/mol. The summed E-state index contributed by atoms with van der Waals surface area (Å²) in [7, 11) is 1.69. The van der Waals surface area contributed by atoms with Crippen LogP contribution in [0.2, 0.25) is 0 Å². The molecule has 0 bridgehead atoms. The number of carbonyl (C=O) groups excluding carboxylic acids is 1. The summed E-state index contributed by atoms with van der Waals surface area (Å²) in [5, 5.41) is 6.19. The van der Waals surface area contributed by atoms with Crippen molar-refractivity contribution in [3.8, 4) is 0 Å². The maximum absolute atomic E-state index is 11.7. The molecule has 0 aromatic rings. The largest absolute Gasteiger partial charge is 0.359 e. The molecule has 18 heavy (non-hydrogen) atoms. The number of allylic oxidation sites excluding steroid dienone is 1. The van der Waals surface area contributed by atoms with E-state index in [1.165, 1.54) is 18.4 Å². The normalized spacial score (nSPS) is 24.6. The summed E-state index contributed by atoms with van der Waals surface area (Å²) in [6.45, 7) is 10.2. The van der Waals surface area contributed by atoms with Gasteiger partial charge in [-0.25, -0.2) is 0 Å². The molecule has 0 saturated carbocycles. The number of carbonyl (C=O) groups is 1. The van der Waals surface area contributed by atoms with Gasteiger partial charge in [0.15, 0.2) is 0 Å². The van der Waals surface area contributed by atoms with Gasteiger partial charge < -0.3 is 10.6 Å². The fourth-order valence-electron chi connectivity index (χ4n) is 2.70. The lowest BCUT2D eigenvalue weighted by Crippen LogP contribution is -2.43. The van der Waals surface area contributed by atoms with Crippen LogP contribution in [0.1, 0.15) is 40.5 Å². The minimum absolute atomic E-state index is 0.0963. The van der Waals surface area contributed by atoms with Crippen LogP contribution < -0.4 is 10.6 Å². The standard InChI is InChI=1S/C15H28N2O/c1-11-7-6-8-12(2)13(11)9-17-10-15(3,4)14(18)16-5/h7,12-13,17H,6,8-10H2,1-5H3,(H,16,18)/t12-,13+/m1/s1. The second-order valence-electron chi connectivity index (χ2n) is 6.20. The van der Waals surface area contributed by atoms with Crippen molar-refractivity contribution >= 4 is 5.91 Å². The molecule has 1 rings (SSSR count). The zero-order valence-electron chi connectivity index (χ0n) is 12.5. The van der Waals surface area contributed by atoms with Crippen molar-refractivity contribution in [2.24, 2.45) is 17.3 Å². The molecule has 0 heterocycles. The van der Waals surface area contributed by atoms with Crippen LogP contribution in [0.3, 0.4) is 0 Å². The molecule has 3 nitrogen and oxygen atoms in total. The van der Waals surface area contributed by atoms with E-state index in [1.54, 1.807) is 7.05 Å². The van der Waals surface area contributed by atoms with Gasteiger partial charge in [0, 0.05) is 20.1 Å². The van der Waals surface area contributed by atoms with Crippen LogP contribution in [0.5, 0.6) is 0 Å². The molecule has 2 atom stereocenters. The van der Waals surface area contributed by atoms with E-state index >= 15 is 0 Å². The number of rotatable bonds is 5. The average Bonchev–Trinajstić information content (AvgIpc) is 2.31. The molecule has 2 N–H and O–H groups in total. The highest BCUT2D eigenvalue weighted by Gasteiger charge is 2.27. The summed E-state index contributed by atoms with van der Waals surface area (Å²) in [5.41, 5.74) is 1.16. The Morgan fingerprint density at radius 1 is 1.50 bits per heavy atom. The third-order valence-corrected chi connectivity index (χ3v) is 4.13. The minimum atomic E-state index is -0.343. The Balaban J connectivity index is 2.44. The van der Waals surface area contributed by atoms with Crippen LogP contribution in [0.4, 0.5) is 0 Å². The predicted octanol–water partition coefficient (Wildman–Crippen LogP) is 2.34. The summed E-state index contributed by atoms with van der Waals surface area (Å²) in [6, 6.07) is 0. The molecule has 1 aliphatic rings. The van der Waals surface area contributed by atoms with Gasteiger partial charge in [-0.05, 0) is 45.4 Å². The molecule has 1 aliphatic carbocycles. The van der Waals surface area contributed by atoms with Crippen LogP contribution >= 0.6 is 0 Å². The topological polar surface area (TPSA) is 41.1 Å². The van der Waals surface area contributed by atoms with Gasteiger partial charge in [0.1, 0.15) is 0 Å². The highest BCUT2D eigenvalue weighted by Crippen LogP contribution is 2.29. The predicted molar refractivity (Wildman–Crippen MR) is 76.4 cm³/mol. The maximum atomic E-state index is 11.7. The SMILES string of the molecule is CNC(=O)C(C)(C)CNC[C@H]1C(C)=CCC[C@H]1C. The molecule has 0 saturated heterocycles. The molecule has 1 amide bonds. The van der Waals surface area contributed by atoms with Crippen molar-refractivity contribution in [3.05, 3.63) is 11.6 Å². The highest BCUT2D eigenvalue weighted by molar-refractivity contribution is 5.81.